The highest BCUT2D eigenvalue weighted by Gasteiger charge is 2.23. The standard InChI is InChI=1S/C16H23FN2O4/c1-16(2,3)23-15(21)18-9-13(14(20)19-10-22-4)11-6-5-7-12(17)8-11/h5-8,13H,9-10H2,1-4H3,(H,18,21)(H,19,20)/t13-/m0/s1. The summed E-state index contributed by atoms with van der Waals surface area (Å²) in [5.41, 5.74) is -0.189. The maximum Gasteiger partial charge on any atom is 0.407 e. The van der Waals surface area contributed by atoms with Crippen LogP contribution in [-0.2, 0) is 14.3 Å². The van der Waals surface area contributed by atoms with Crippen molar-refractivity contribution in [2.45, 2.75) is 32.3 Å². The molecule has 0 saturated carbocycles. The van der Waals surface area contributed by atoms with E-state index in [9.17, 15) is 14.0 Å². The van der Waals surface area contributed by atoms with Gasteiger partial charge in [0.25, 0.3) is 0 Å². The zero-order valence-electron chi connectivity index (χ0n) is 13.8. The summed E-state index contributed by atoms with van der Waals surface area (Å²) in [4.78, 5) is 23.9. The average molecular weight is 326 g/mol. The largest absolute Gasteiger partial charge is 0.444 e. The Balaban J connectivity index is 2.80. The SMILES string of the molecule is COCNC(=O)[C@@H](CNC(=O)OC(C)(C)C)c1cccc(F)c1. The number of halogens is 1. The molecule has 0 aliphatic carbocycles. The van der Waals surface area contributed by atoms with Gasteiger partial charge in [0.2, 0.25) is 5.91 Å². The first-order chi connectivity index (χ1) is 10.7. The molecular formula is C16H23FN2O4. The lowest BCUT2D eigenvalue weighted by atomic mass is 9.98. The third kappa shape index (κ3) is 7.10. The van der Waals surface area contributed by atoms with E-state index in [-0.39, 0.29) is 19.2 Å². The molecule has 0 aliphatic heterocycles. The fourth-order valence-corrected chi connectivity index (χ4v) is 1.85. The molecular weight excluding hydrogens is 303 g/mol. The Labute approximate surface area is 135 Å². The molecule has 0 bridgehead atoms. The second-order valence-corrected chi connectivity index (χ2v) is 5.96. The summed E-state index contributed by atoms with van der Waals surface area (Å²) in [6.07, 6.45) is -0.640. The summed E-state index contributed by atoms with van der Waals surface area (Å²) in [6, 6.07) is 5.67. The maximum absolute atomic E-state index is 13.4. The molecule has 128 valence electrons. The number of rotatable bonds is 6. The fraction of sp³-hybridized carbons (Fsp3) is 0.500. The molecule has 0 spiro atoms. The van der Waals surface area contributed by atoms with Gasteiger partial charge in [-0.15, -0.1) is 0 Å². The Bertz CT molecular complexity index is 543. The Morgan fingerprint density at radius 2 is 1.96 bits per heavy atom. The molecule has 0 heterocycles. The van der Waals surface area contributed by atoms with E-state index in [0.29, 0.717) is 5.56 Å². The lowest BCUT2D eigenvalue weighted by Crippen LogP contribution is -2.40. The first-order valence-corrected chi connectivity index (χ1v) is 7.22. The van der Waals surface area contributed by atoms with Crippen LogP contribution in [-0.4, -0.2) is 38.0 Å². The van der Waals surface area contributed by atoms with E-state index < -0.39 is 23.4 Å². The summed E-state index contributed by atoms with van der Waals surface area (Å²) in [5, 5.41) is 5.08. The highest BCUT2D eigenvalue weighted by Crippen LogP contribution is 2.17. The van der Waals surface area contributed by atoms with Gasteiger partial charge in [0.05, 0.1) is 5.92 Å². The molecule has 6 nitrogen and oxygen atoms in total. The number of nitrogens with one attached hydrogen (secondary N) is 2. The third-order valence-electron chi connectivity index (χ3n) is 2.81. The van der Waals surface area contributed by atoms with E-state index in [0.717, 1.165) is 0 Å². The molecule has 2 N–H and O–H groups in total. The maximum atomic E-state index is 13.4. The van der Waals surface area contributed by atoms with Crippen molar-refractivity contribution < 1.29 is 23.5 Å². The van der Waals surface area contributed by atoms with Crippen molar-refractivity contribution in [3.63, 3.8) is 0 Å². The number of benzene rings is 1. The van der Waals surface area contributed by atoms with Crippen LogP contribution >= 0.6 is 0 Å². The van der Waals surface area contributed by atoms with Crippen LogP contribution in [0.15, 0.2) is 24.3 Å². The van der Waals surface area contributed by atoms with Gasteiger partial charge in [-0.05, 0) is 38.5 Å². The Hall–Kier alpha value is -2.15. The van der Waals surface area contributed by atoms with E-state index in [1.807, 2.05) is 0 Å². The molecule has 0 radical (unpaired) electrons. The van der Waals surface area contributed by atoms with E-state index in [1.54, 1.807) is 26.8 Å². The van der Waals surface area contributed by atoms with Gasteiger partial charge in [-0.3, -0.25) is 4.79 Å². The molecule has 1 rings (SSSR count). The van der Waals surface area contributed by atoms with Crippen molar-refractivity contribution in [1.82, 2.24) is 10.6 Å². The number of carbonyl (C=O) groups excluding carboxylic acids is 2. The van der Waals surface area contributed by atoms with Crippen LogP contribution in [0.4, 0.5) is 9.18 Å². The predicted molar refractivity (Wildman–Crippen MR) is 83.4 cm³/mol. The lowest BCUT2D eigenvalue weighted by molar-refractivity contribution is -0.123. The number of carbonyl (C=O) groups is 2. The summed E-state index contributed by atoms with van der Waals surface area (Å²) in [7, 11) is 1.44. The molecule has 2 amide bonds. The molecule has 1 aromatic rings. The van der Waals surface area contributed by atoms with Gasteiger partial charge >= 0.3 is 6.09 Å². The quantitative estimate of drug-likeness (QED) is 0.786. The molecule has 7 heteroatoms. The molecule has 0 unspecified atom stereocenters. The summed E-state index contributed by atoms with van der Waals surface area (Å²) >= 11 is 0. The molecule has 0 aliphatic rings. The van der Waals surface area contributed by atoms with Crippen molar-refractivity contribution in [3.8, 4) is 0 Å². The summed E-state index contributed by atoms with van der Waals surface area (Å²) in [5.74, 6) is -1.59. The van der Waals surface area contributed by atoms with Crippen LogP contribution in [0.3, 0.4) is 0 Å². The highest BCUT2D eigenvalue weighted by molar-refractivity contribution is 5.84. The van der Waals surface area contributed by atoms with Crippen molar-refractivity contribution in [2.24, 2.45) is 0 Å². The number of alkyl carbamates (subject to hydrolysis) is 1. The van der Waals surface area contributed by atoms with Gasteiger partial charge in [0.1, 0.15) is 18.1 Å². The summed E-state index contributed by atoms with van der Waals surface area (Å²) in [6.45, 7) is 5.22. The van der Waals surface area contributed by atoms with Crippen LogP contribution in [0.25, 0.3) is 0 Å². The Morgan fingerprint density at radius 3 is 2.52 bits per heavy atom. The number of amides is 2. The minimum Gasteiger partial charge on any atom is -0.444 e. The van der Waals surface area contributed by atoms with Gasteiger partial charge in [-0.1, -0.05) is 12.1 Å². The zero-order valence-corrected chi connectivity index (χ0v) is 13.8. The van der Waals surface area contributed by atoms with Crippen molar-refractivity contribution >= 4 is 12.0 Å². The third-order valence-corrected chi connectivity index (χ3v) is 2.81. The number of hydrogen-bond donors (Lipinski definition) is 2. The molecule has 0 fully saturated rings. The molecule has 0 aromatic heterocycles. The Morgan fingerprint density at radius 1 is 1.26 bits per heavy atom. The number of hydrogen-bond acceptors (Lipinski definition) is 4. The summed E-state index contributed by atoms with van der Waals surface area (Å²) < 4.78 is 23.3. The van der Waals surface area contributed by atoms with Crippen LogP contribution in [0.2, 0.25) is 0 Å². The van der Waals surface area contributed by atoms with Crippen molar-refractivity contribution in [2.75, 3.05) is 20.4 Å². The van der Waals surface area contributed by atoms with Gasteiger partial charge in [0, 0.05) is 13.7 Å². The smallest absolute Gasteiger partial charge is 0.407 e. The number of methoxy groups -OCH3 is 1. The first-order valence-electron chi connectivity index (χ1n) is 7.22. The van der Waals surface area contributed by atoms with Crippen molar-refractivity contribution in [1.29, 1.82) is 0 Å². The topological polar surface area (TPSA) is 76.7 Å². The molecule has 23 heavy (non-hydrogen) atoms. The van der Waals surface area contributed by atoms with E-state index in [2.05, 4.69) is 10.6 Å². The first kappa shape index (κ1) is 18.9. The number of ether oxygens (including phenoxy) is 2. The van der Waals surface area contributed by atoms with Gasteiger partial charge < -0.3 is 20.1 Å². The average Bonchev–Trinajstić information content (AvgIpc) is 2.43. The zero-order chi connectivity index (χ0) is 17.5. The normalized spacial score (nSPS) is 12.4. The van der Waals surface area contributed by atoms with Crippen molar-refractivity contribution in [3.05, 3.63) is 35.6 Å². The second-order valence-electron chi connectivity index (χ2n) is 5.96. The van der Waals surface area contributed by atoms with Crippen LogP contribution in [0.5, 0.6) is 0 Å². The second kappa shape index (κ2) is 8.47. The van der Waals surface area contributed by atoms with Crippen LogP contribution < -0.4 is 10.6 Å². The van der Waals surface area contributed by atoms with Gasteiger partial charge in [-0.2, -0.15) is 0 Å². The van der Waals surface area contributed by atoms with E-state index in [1.165, 1.54) is 25.3 Å². The monoisotopic (exact) mass is 326 g/mol. The van der Waals surface area contributed by atoms with Crippen LogP contribution in [0, 0.1) is 5.82 Å². The minimum atomic E-state index is -0.756. The molecule has 1 atom stereocenters. The van der Waals surface area contributed by atoms with E-state index in [4.69, 9.17) is 9.47 Å². The van der Waals surface area contributed by atoms with E-state index >= 15 is 0 Å². The van der Waals surface area contributed by atoms with Gasteiger partial charge in [0.15, 0.2) is 0 Å². The highest BCUT2D eigenvalue weighted by atomic mass is 19.1. The fourth-order valence-electron chi connectivity index (χ4n) is 1.85. The molecule has 1 aromatic carbocycles. The minimum absolute atomic E-state index is 0.0199. The Kier molecular flexibility index (Phi) is 6.96. The molecule has 0 saturated heterocycles. The van der Waals surface area contributed by atoms with Crippen LogP contribution in [0.1, 0.15) is 32.3 Å². The van der Waals surface area contributed by atoms with Gasteiger partial charge in [-0.25, -0.2) is 9.18 Å². The predicted octanol–water partition coefficient (Wildman–Crippen LogP) is 2.15. The lowest BCUT2D eigenvalue weighted by Gasteiger charge is -2.22.